The summed E-state index contributed by atoms with van der Waals surface area (Å²) < 4.78 is 0. The van der Waals surface area contributed by atoms with Crippen molar-refractivity contribution in [3.63, 3.8) is 0 Å². The lowest BCUT2D eigenvalue weighted by Gasteiger charge is -2.30. The summed E-state index contributed by atoms with van der Waals surface area (Å²) in [6.45, 7) is 0.666. The molecule has 1 aliphatic rings. The maximum absolute atomic E-state index is 10.7. The number of aldehydes is 1. The molecule has 0 spiro atoms. The first-order valence-corrected chi connectivity index (χ1v) is 4.34. The van der Waals surface area contributed by atoms with Crippen LogP contribution in [0.5, 0.6) is 0 Å². The van der Waals surface area contributed by atoms with E-state index in [0.717, 1.165) is 12.7 Å². The lowest BCUT2D eigenvalue weighted by atomic mass is 9.92. The van der Waals surface area contributed by atoms with E-state index in [9.17, 15) is 4.79 Å². The summed E-state index contributed by atoms with van der Waals surface area (Å²) in [7, 11) is 5.71. The average Bonchev–Trinajstić information content (AvgIpc) is 2.17. The number of carbonyl (C=O) groups is 1. The Morgan fingerprint density at radius 1 is 1.38 bits per heavy atom. The van der Waals surface area contributed by atoms with Gasteiger partial charge in [-0.25, -0.2) is 0 Å². The molecule has 2 rings (SSSR count). The molecule has 0 unspecified atom stereocenters. The van der Waals surface area contributed by atoms with E-state index in [1.807, 2.05) is 12.1 Å². The molecule has 0 saturated carbocycles. The second-order valence-electron chi connectivity index (χ2n) is 3.35. The van der Waals surface area contributed by atoms with E-state index in [4.69, 9.17) is 7.98 Å². The molecule has 1 aromatic rings. The number of rotatable bonds is 1. The Morgan fingerprint density at radius 2 is 2.08 bits per heavy atom. The average molecular weight is 171 g/mol. The Kier molecular flexibility index (Phi) is 2.19. The fourth-order valence-corrected chi connectivity index (χ4v) is 1.69. The molecule has 13 heavy (non-hydrogen) atoms. The molecule has 0 aromatic heterocycles. The zero-order valence-corrected chi connectivity index (χ0v) is 7.31. The van der Waals surface area contributed by atoms with Gasteiger partial charge in [0, 0.05) is 6.54 Å². The van der Waals surface area contributed by atoms with Crippen LogP contribution in [0, 0.1) is 0 Å². The number of fused-ring (bicyclic) bond motifs is 1. The van der Waals surface area contributed by atoms with Crippen molar-refractivity contribution in [2.45, 2.75) is 19.0 Å². The molecule has 2 radical (unpaired) electrons. The van der Waals surface area contributed by atoms with Crippen LogP contribution < -0.4 is 0 Å². The summed E-state index contributed by atoms with van der Waals surface area (Å²) in [4.78, 5) is 12.3. The van der Waals surface area contributed by atoms with Crippen LogP contribution in [-0.4, -0.2) is 25.1 Å². The van der Waals surface area contributed by atoms with Gasteiger partial charge in [0.25, 0.3) is 0 Å². The standard InChI is InChI=1S/C10H10BNO/c11-12-6-9-4-2-1-3-8(9)5-10(12)7-13/h1-4,7,10H,5-6H2/t10-/m0/s1. The molecule has 0 fully saturated rings. The summed E-state index contributed by atoms with van der Waals surface area (Å²) in [5, 5.41) is 0. The molecule has 2 nitrogen and oxygen atoms in total. The third-order valence-electron chi connectivity index (χ3n) is 2.48. The van der Waals surface area contributed by atoms with E-state index < -0.39 is 0 Å². The van der Waals surface area contributed by atoms with E-state index in [-0.39, 0.29) is 6.04 Å². The van der Waals surface area contributed by atoms with Crippen LogP contribution in [0.1, 0.15) is 11.1 Å². The Bertz CT molecular complexity index is 326. The van der Waals surface area contributed by atoms with E-state index >= 15 is 0 Å². The highest BCUT2D eigenvalue weighted by molar-refractivity contribution is 6.05. The van der Waals surface area contributed by atoms with Crippen molar-refractivity contribution in [1.82, 2.24) is 4.81 Å². The second-order valence-corrected chi connectivity index (χ2v) is 3.35. The number of nitrogens with zero attached hydrogens (tertiary/aromatic N) is 1. The van der Waals surface area contributed by atoms with Crippen LogP contribution in [0.2, 0.25) is 0 Å². The normalized spacial score (nSPS) is 22.3. The summed E-state index contributed by atoms with van der Waals surface area (Å²) >= 11 is 0. The molecule has 0 aliphatic carbocycles. The maximum atomic E-state index is 10.7. The van der Waals surface area contributed by atoms with Gasteiger partial charge in [0.1, 0.15) is 6.29 Å². The number of hydrogen-bond acceptors (Lipinski definition) is 2. The minimum atomic E-state index is -0.157. The van der Waals surface area contributed by atoms with Crippen molar-refractivity contribution in [2.75, 3.05) is 0 Å². The first-order chi connectivity index (χ1) is 6.31. The first kappa shape index (κ1) is 8.51. The molecule has 0 N–H and O–H groups in total. The Balaban J connectivity index is 2.32. The van der Waals surface area contributed by atoms with Gasteiger partial charge in [-0.15, -0.1) is 0 Å². The predicted molar refractivity (Wildman–Crippen MR) is 51.3 cm³/mol. The fourth-order valence-electron chi connectivity index (χ4n) is 1.69. The molecule has 1 heterocycles. The van der Waals surface area contributed by atoms with Crippen LogP contribution in [0.3, 0.4) is 0 Å². The molecule has 1 aliphatic heterocycles. The molecule has 1 aromatic carbocycles. The zero-order valence-electron chi connectivity index (χ0n) is 7.31. The monoisotopic (exact) mass is 171 g/mol. The van der Waals surface area contributed by atoms with Crippen LogP contribution in [0.25, 0.3) is 0 Å². The molecule has 0 amide bonds. The third kappa shape index (κ3) is 1.52. The van der Waals surface area contributed by atoms with Crippen LogP contribution in [0.15, 0.2) is 24.3 Å². The Morgan fingerprint density at radius 3 is 2.77 bits per heavy atom. The summed E-state index contributed by atoms with van der Waals surface area (Å²) in [5.74, 6) is 0. The lowest BCUT2D eigenvalue weighted by Crippen LogP contribution is -2.39. The number of hydrogen-bond donors (Lipinski definition) is 0. The van der Waals surface area contributed by atoms with Gasteiger partial charge in [0.05, 0.1) is 6.04 Å². The van der Waals surface area contributed by atoms with Gasteiger partial charge < -0.3 is 9.61 Å². The van der Waals surface area contributed by atoms with E-state index in [1.165, 1.54) is 11.1 Å². The Hall–Kier alpha value is -1.09. The summed E-state index contributed by atoms with van der Waals surface area (Å²) in [6.07, 6.45) is 1.64. The quantitative estimate of drug-likeness (QED) is 0.457. The molecular formula is C10H10BNO. The van der Waals surface area contributed by atoms with E-state index in [0.29, 0.717) is 6.54 Å². The molecule has 0 bridgehead atoms. The largest absolute Gasteiger partial charge is 0.341 e. The first-order valence-electron chi connectivity index (χ1n) is 4.34. The molecule has 0 saturated heterocycles. The van der Waals surface area contributed by atoms with Gasteiger partial charge in [-0.05, 0) is 17.5 Å². The van der Waals surface area contributed by atoms with Gasteiger partial charge in [-0.1, -0.05) is 24.3 Å². The minimum absolute atomic E-state index is 0.157. The number of benzene rings is 1. The van der Waals surface area contributed by atoms with Gasteiger partial charge in [-0.2, -0.15) is 0 Å². The molecule has 1 atom stereocenters. The Labute approximate surface area is 79.0 Å². The highest BCUT2D eigenvalue weighted by Gasteiger charge is 2.21. The SMILES string of the molecule is [B]N1Cc2ccccc2C[C@H]1C=O. The predicted octanol–water partition coefficient (Wildman–Crippen LogP) is 0.696. The maximum Gasteiger partial charge on any atom is 0.183 e. The van der Waals surface area contributed by atoms with Gasteiger partial charge in [0.15, 0.2) is 7.98 Å². The van der Waals surface area contributed by atoms with Gasteiger partial charge in [0.2, 0.25) is 0 Å². The fraction of sp³-hybridized carbons (Fsp3) is 0.300. The highest BCUT2D eigenvalue weighted by atomic mass is 16.1. The van der Waals surface area contributed by atoms with Crippen molar-refractivity contribution in [1.29, 1.82) is 0 Å². The number of carbonyl (C=O) groups excluding carboxylic acids is 1. The smallest absolute Gasteiger partial charge is 0.183 e. The minimum Gasteiger partial charge on any atom is -0.341 e. The lowest BCUT2D eigenvalue weighted by molar-refractivity contribution is -0.111. The summed E-state index contributed by atoms with van der Waals surface area (Å²) in [6, 6.07) is 7.94. The topological polar surface area (TPSA) is 20.3 Å². The van der Waals surface area contributed by atoms with Crippen molar-refractivity contribution < 1.29 is 4.79 Å². The van der Waals surface area contributed by atoms with Crippen LogP contribution >= 0.6 is 0 Å². The molecule has 3 heteroatoms. The van der Waals surface area contributed by atoms with Crippen LogP contribution in [0.4, 0.5) is 0 Å². The van der Waals surface area contributed by atoms with Crippen molar-refractivity contribution in [3.05, 3.63) is 35.4 Å². The zero-order chi connectivity index (χ0) is 9.26. The van der Waals surface area contributed by atoms with Crippen LogP contribution in [-0.2, 0) is 17.8 Å². The molecular weight excluding hydrogens is 161 g/mol. The highest BCUT2D eigenvalue weighted by Crippen LogP contribution is 2.20. The van der Waals surface area contributed by atoms with Crippen molar-refractivity contribution in [2.24, 2.45) is 0 Å². The third-order valence-corrected chi connectivity index (χ3v) is 2.48. The van der Waals surface area contributed by atoms with Gasteiger partial charge in [-0.3, -0.25) is 0 Å². The van der Waals surface area contributed by atoms with Crippen molar-refractivity contribution >= 4 is 14.3 Å². The second kappa shape index (κ2) is 3.34. The van der Waals surface area contributed by atoms with Crippen molar-refractivity contribution in [3.8, 4) is 0 Å². The summed E-state index contributed by atoms with van der Waals surface area (Å²) in [5.41, 5.74) is 2.46. The molecule has 64 valence electrons. The van der Waals surface area contributed by atoms with Gasteiger partial charge >= 0.3 is 0 Å². The van der Waals surface area contributed by atoms with E-state index in [1.54, 1.807) is 4.81 Å². The van der Waals surface area contributed by atoms with E-state index in [2.05, 4.69) is 12.1 Å².